The molecule has 0 aromatic heterocycles. The van der Waals surface area contributed by atoms with Crippen LogP contribution in [0.2, 0.25) is 0 Å². The van der Waals surface area contributed by atoms with Gasteiger partial charge in [-0.3, -0.25) is 4.79 Å². The summed E-state index contributed by atoms with van der Waals surface area (Å²) >= 11 is 0. The number of carboxylic acid groups (broad SMARTS) is 2. The lowest BCUT2D eigenvalue weighted by Gasteiger charge is -2.41. The summed E-state index contributed by atoms with van der Waals surface area (Å²) in [6.07, 6.45) is 0.208. The number of hydrogen-bond donors (Lipinski definition) is 2. The topological polar surface area (TPSA) is 77.8 Å². The van der Waals surface area contributed by atoms with E-state index in [1.165, 1.54) is 6.92 Å². The number of fused-ring (bicyclic) bond motifs is 3. The van der Waals surface area contributed by atoms with Gasteiger partial charge in [0.15, 0.2) is 0 Å². The van der Waals surface area contributed by atoms with Crippen molar-refractivity contribution < 1.29 is 19.8 Å². The molecule has 0 aliphatic heterocycles. The van der Waals surface area contributed by atoms with E-state index in [9.17, 15) is 19.8 Å². The van der Waals surface area contributed by atoms with Gasteiger partial charge in [0.25, 0.3) is 0 Å². The van der Waals surface area contributed by atoms with E-state index in [1.54, 1.807) is 18.9 Å². The van der Waals surface area contributed by atoms with Gasteiger partial charge in [0.2, 0.25) is 0 Å². The average molecular weight is 430 g/mol. The molecule has 5 nitrogen and oxygen atoms in total. The molecule has 4 rings (SSSR count). The largest absolute Gasteiger partial charge is 0.481 e. The van der Waals surface area contributed by atoms with Gasteiger partial charge in [0.05, 0.1) is 5.92 Å². The highest BCUT2D eigenvalue weighted by Crippen LogP contribution is 2.52. The number of likely N-dealkylation sites (N-methyl/N-ethyl adjacent to an activating group) is 1. The molecule has 1 aliphatic rings. The molecule has 2 N–H and O–H groups in total. The zero-order valence-electron chi connectivity index (χ0n) is 18.4. The highest BCUT2D eigenvalue weighted by molar-refractivity contribution is 5.92. The molecule has 0 spiro atoms. The number of aliphatic carboxylic acids is 2. The lowest BCUT2D eigenvalue weighted by molar-refractivity contribution is -0.155. The molecule has 3 aromatic rings. The first-order valence-electron chi connectivity index (χ1n) is 10.8. The van der Waals surface area contributed by atoms with Gasteiger partial charge in [-0.2, -0.15) is 0 Å². The quantitative estimate of drug-likeness (QED) is 0.420. The van der Waals surface area contributed by atoms with Crippen LogP contribution in [0.15, 0.2) is 72.8 Å². The molecular formula is C27H27NO4. The van der Waals surface area contributed by atoms with Gasteiger partial charge < -0.3 is 15.1 Å². The summed E-state index contributed by atoms with van der Waals surface area (Å²) < 4.78 is 0. The van der Waals surface area contributed by atoms with Crippen LogP contribution in [0.25, 0.3) is 11.1 Å². The first-order chi connectivity index (χ1) is 15.3. The Labute approximate surface area is 187 Å². The lowest BCUT2D eigenvalue weighted by Crippen LogP contribution is -2.58. The second kappa shape index (κ2) is 8.15. The van der Waals surface area contributed by atoms with E-state index in [0.717, 1.165) is 33.5 Å². The first kappa shape index (κ1) is 21.6. The van der Waals surface area contributed by atoms with Crippen molar-refractivity contribution >= 4 is 17.6 Å². The van der Waals surface area contributed by atoms with Crippen molar-refractivity contribution in [3.05, 3.63) is 89.5 Å². The van der Waals surface area contributed by atoms with Crippen molar-refractivity contribution in [1.82, 2.24) is 0 Å². The molecule has 1 unspecified atom stereocenters. The molecule has 3 aromatic carbocycles. The van der Waals surface area contributed by atoms with Gasteiger partial charge in [-0.25, -0.2) is 4.79 Å². The number of hydrogen-bond acceptors (Lipinski definition) is 3. The number of carboxylic acids is 2. The molecule has 3 atom stereocenters. The Morgan fingerprint density at radius 2 is 1.56 bits per heavy atom. The molecule has 0 saturated carbocycles. The van der Waals surface area contributed by atoms with Crippen molar-refractivity contribution in [3.8, 4) is 11.1 Å². The van der Waals surface area contributed by atoms with E-state index in [-0.39, 0.29) is 12.3 Å². The van der Waals surface area contributed by atoms with Crippen molar-refractivity contribution in [2.45, 2.75) is 31.7 Å². The van der Waals surface area contributed by atoms with Gasteiger partial charge in [-0.15, -0.1) is 0 Å². The highest BCUT2D eigenvalue weighted by Gasteiger charge is 2.49. The molecule has 0 fully saturated rings. The van der Waals surface area contributed by atoms with E-state index in [0.29, 0.717) is 0 Å². The number of carbonyl (C=O) groups is 2. The predicted octanol–water partition coefficient (Wildman–Crippen LogP) is 5.24. The fourth-order valence-corrected chi connectivity index (χ4v) is 5.11. The minimum atomic E-state index is -1.62. The zero-order valence-corrected chi connectivity index (χ0v) is 18.4. The maximum absolute atomic E-state index is 12.5. The standard InChI is InChI=1S/C27H27NO4/c1-4-21(25(29)30)27(2,26(31)32)28(3)22-16-10-15-20-18-13-8-9-14-19(18)23(24(20)22)17-11-6-5-7-12-17/h5-16,21,23H,4H2,1-3H3,(H,29,30)(H,31,32)/t21-,23?,27+/m1/s1. The van der Waals surface area contributed by atoms with Crippen LogP contribution in [0.1, 0.15) is 42.9 Å². The highest BCUT2D eigenvalue weighted by atomic mass is 16.4. The second-order valence-electron chi connectivity index (χ2n) is 8.48. The van der Waals surface area contributed by atoms with E-state index in [2.05, 4.69) is 30.3 Å². The maximum atomic E-state index is 12.5. The Morgan fingerprint density at radius 1 is 0.938 bits per heavy atom. The van der Waals surface area contributed by atoms with Crippen LogP contribution in [0.3, 0.4) is 0 Å². The number of benzene rings is 3. The molecule has 0 bridgehead atoms. The van der Waals surface area contributed by atoms with E-state index >= 15 is 0 Å². The summed E-state index contributed by atoms with van der Waals surface area (Å²) in [6.45, 7) is 3.22. The SMILES string of the molecule is CC[C@H](C(=O)O)[C@@](C)(C(=O)O)N(C)c1cccc2c1C(c1ccccc1)c1ccccc1-2. The third kappa shape index (κ3) is 3.16. The fraction of sp³-hybridized carbons (Fsp3) is 0.259. The summed E-state index contributed by atoms with van der Waals surface area (Å²) in [7, 11) is 1.69. The smallest absolute Gasteiger partial charge is 0.330 e. The summed E-state index contributed by atoms with van der Waals surface area (Å²) in [6, 6.07) is 24.2. The number of nitrogens with zero attached hydrogens (tertiary/aromatic N) is 1. The molecule has 0 heterocycles. The Bertz CT molecular complexity index is 1170. The zero-order chi connectivity index (χ0) is 23.0. The van der Waals surface area contributed by atoms with Gasteiger partial charge in [-0.1, -0.05) is 73.7 Å². The molecule has 0 amide bonds. The van der Waals surface area contributed by atoms with Gasteiger partial charge in [0.1, 0.15) is 5.54 Å². The third-order valence-electron chi connectivity index (χ3n) is 6.94. The lowest BCUT2D eigenvalue weighted by atomic mass is 9.80. The minimum absolute atomic E-state index is 0.0657. The summed E-state index contributed by atoms with van der Waals surface area (Å²) in [4.78, 5) is 26.2. The van der Waals surface area contributed by atoms with E-state index < -0.39 is 23.4 Å². The van der Waals surface area contributed by atoms with Crippen LogP contribution in [0, 0.1) is 5.92 Å². The Kier molecular flexibility index (Phi) is 5.51. The number of rotatable bonds is 7. The van der Waals surface area contributed by atoms with Gasteiger partial charge in [0, 0.05) is 18.7 Å². The van der Waals surface area contributed by atoms with Crippen LogP contribution in [0.5, 0.6) is 0 Å². The predicted molar refractivity (Wildman–Crippen MR) is 125 cm³/mol. The first-order valence-corrected chi connectivity index (χ1v) is 10.8. The van der Waals surface area contributed by atoms with Gasteiger partial charge >= 0.3 is 11.9 Å². The molecule has 0 saturated heterocycles. The number of anilines is 1. The van der Waals surface area contributed by atoms with Crippen molar-refractivity contribution in [1.29, 1.82) is 0 Å². The molecule has 164 valence electrons. The summed E-state index contributed by atoms with van der Waals surface area (Å²) in [5.41, 5.74) is 4.57. The van der Waals surface area contributed by atoms with Crippen LogP contribution in [-0.4, -0.2) is 34.7 Å². The normalized spacial score (nSPS) is 17.0. The van der Waals surface area contributed by atoms with Crippen LogP contribution < -0.4 is 4.90 Å². The monoisotopic (exact) mass is 429 g/mol. The maximum Gasteiger partial charge on any atom is 0.330 e. The summed E-state index contributed by atoms with van der Waals surface area (Å²) in [5, 5.41) is 20.0. The Hall–Kier alpha value is -3.60. The fourth-order valence-electron chi connectivity index (χ4n) is 5.11. The minimum Gasteiger partial charge on any atom is -0.481 e. The van der Waals surface area contributed by atoms with Crippen LogP contribution >= 0.6 is 0 Å². The van der Waals surface area contributed by atoms with Crippen molar-refractivity contribution in [2.75, 3.05) is 11.9 Å². The molecule has 1 aliphatic carbocycles. The van der Waals surface area contributed by atoms with E-state index in [4.69, 9.17) is 0 Å². The van der Waals surface area contributed by atoms with Crippen LogP contribution in [-0.2, 0) is 9.59 Å². The van der Waals surface area contributed by atoms with Gasteiger partial charge in [-0.05, 0) is 47.2 Å². The van der Waals surface area contributed by atoms with Crippen molar-refractivity contribution in [2.24, 2.45) is 5.92 Å². The third-order valence-corrected chi connectivity index (χ3v) is 6.94. The second-order valence-corrected chi connectivity index (χ2v) is 8.48. The molecule has 5 heteroatoms. The van der Waals surface area contributed by atoms with Crippen molar-refractivity contribution in [3.63, 3.8) is 0 Å². The van der Waals surface area contributed by atoms with Crippen LogP contribution in [0.4, 0.5) is 5.69 Å². The Balaban J connectivity index is 1.96. The summed E-state index contributed by atoms with van der Waals surface area (Å²) in [5.74, 6) is -3.40. The Morgan fingerprint density at radius 3 is 2.19 bits per heavy atom. The molecule has 0 radical (unpaired) electrons. The molecular weight excluding hydrogens is 402 g/mol. The molecule has 32 heavy (non-hydrogen) atoms. The average Bonchev–Trinajstić information content (AvgIpc) is 3.13. The van der Waals surface area contributed by atoms with E-state index in [1.807, 2.05) is 42.5 Å².